The highest BCUT2D eigenvalue weighted by Gasteiger charge is 2.31. The molecule has 0 bridgehead atoms. The molecule has 2 aliphatic heterocycles. The second kappa shape index (κ2) is 9.41. The molecule has 0 saturated carbocycles. The Morgan fingerprint density at radius 2 is 1.93 bits per heavy atom. The molecule has 5 heteroatoms. The number of fused-ring (bicyclic) bond motifs is 1. The van der Waals surface area contributed by atoms with Gasteiger partial charge in [0.2, 0.25) is 5.91 Å². The van der Waals surface area contributed by atoms with Crippen molar-refractivity contribution < 1.29 is 4.79 Å². The van der Waals surface area contributed by atoms with Gasteiger partial charge in [-0.25, -0.2) is 0 Å². The monoisotopic (exact) mass is 411 g/mol. The van der Waals surface area contributed by atoms with E-state index in [-0.39, 0.29) is 6.04 Å². The summed E-state index contributed by atoms with van der Waals surface area (Å²) < 4.78 is 0. The summed E-state index contributed by atoms with van der Waals surface area (Å²) in [6.45, 7) is 7.99. The van der Waals surface area contributed by atoms with Crippen LogP contribution >= 0.6 is 11.3 Å². The summed E-state index contributed by atoms with van der Waals surface area (Å²) in [5.74, 6) is 1.03. The zero-order chi connectivity index (χ0) is 20.2. The third-order valence-corrected chi connectivity index (χ3v) is 7.56. The lowest BCUT2D eigenvalue weighted by Crippen LogP contribution is -2.51. The van der Waals surface area contributed by atoms with Crippen LogP contribution in [0.2, 0.25) is 0 Å². The standard InChI is InChI=1S/C24H33N3OS/c1-19(24(28)27-14-10-23-22(18-27)11-15-29-23)26-12-8-21(9-13-26)17-25(2)16-20-6-4-3-5-7-20/h3-7,11,15,19,21H,8-10,12-14,16-18H2,1-2H3. The number of benzene rings is 1. The highest BCUT2D eigenvalue weighted by atomic mass is 32.1. The van der Waals surface area contributed by atoms with E-state index < -0.39 is 0 Å². The number of nitrogens with zero attached hydrogens (tertiary/aromatic N) is 3. The van der Waals surface area contributed by atoms with Gasteiger partial charge in [-0.3, -0.25) is 9.69 Å². The minimum absolute atomic E-state index is 0.00168. The average Bonchev–Trinajstić information content (AvgIpc) is 3.22. The van der Waals surface area contributed by atoms with Crippen LogP contribution in [0.1, 0.15) is 35.8 Å². The van der Waals surface area contributed by atoms with Crippen LogP contribution in [0.5, 0.6) is 0 Å². The summed E-state index contributed by atoms with van der Waals surface area (Å²) in [6.07, 6.45) is 3.39. The molecule has 0 spiro atoms. The van der Waals surface area contributed by atoms with Crippen molar-refractivity contribution >= 4 is 17.2 Å². The molecule has 2 aromatic rings. The van der Waals surface area contributed by atoms with Gasteiger partial charge in [0.15, 0.2) is 0 Å². The van der Waals surface area contributed by atoms with Crippen molar-refractivity contribution in [2.45, 2.75) is 45.3 Å². The van der Waals surface area contributed by atoms with Gasteiger partial charge in [0, 0.05) is 31.1 Å². The number of thiophene rings is 1. The molecule has 2 aliphatic rings. The number of hydrogen-bond acceptors (Lipinski definition) is 4. The number of carbonyl (C=O) groups excluding carboxylic acids is 1. The number of amides is 1. The van der Waals surface area contributed by atoms with Crippen molar-refractivity contribution in [3.05, 3.63) is 57.8 Å². The van der Waals surface area contributed by atoms with Crippen LogP contribution in [-0.2, 0) is 24.3 Å². The molecule has 0 aliphatic carbocycles. The van der Waals surface area contributed by atoms with E-state index in [4.69, 9.17) is 0 Å². The highest BCUT2D eigenvalue weighted by Crippen LogP contribution is 2.26. The average molecular weight is 412 g/mol. The normalized spacial score (nSPS) is 19.3. The van der Waals surface area contributed by atoms with Crippen LogP contribution in [0.25, 0.3) is 0 Å². The van der Waals surface area contributed by atoms with Crippen LogP contribution in [0.15, 0.2) is 41.8 Å². The lowest BCUT2D eigenvalue weighted by Gasteiger charge is -2.39. The molecule has 1 fully saturated rings. The minimum Gasteiger partial charge on any atom is -0.337 e. The van der Waals surface area contributed by atoms with Crippen LogP contribution in [0, 0.1) is 5.92 Å². The molecule has 1 aromatic heterocycles. The minimum atomic E-state index is -0.00168. The fraction of sp³-hybridized carbons (Fsp3) is 0.542. The molecule has 4 nitrogen and oxygen atoms in total. The van der Waals surface area contributed by atoms with E-state index in [1.807, 2.05) is 11.3 Å². The summed E-state index contributed by atoms with van der Waals surface area (Å²) >= 11 is 1.83. The molecular formula is C24H33N3OS. The van der Waals surface area contributed by atoms with Crippen LogP contribution < -0.4 is 0 Å². The van der Waals surface area contributed by atoms with E-state index in [1.54, 1.807) is 0 Å². The number of piperidine rings is 1. The third-order valence-electron chi connectivity index (χ3n) is 6.54. The largest absolute Gasteiger partial charge is 0.337 e. The Balaban J connectivity index is 1.23. The Morgan fingerprint density at radius 3 is 2.69 bits per heavy atom. The van der Waals surface area contributed by atoms with Crippen molar-refractivity contribution in [2.75, 3.05) is 33.2 Å². The molecule has 1 unspecified atom stereocenters. The SMILES string of the molecule is CC(C(=O)N1CCc2sccc2C1)N1CCC(CN(C)Cc2ccccc2)CC1. The van der Waals surface area contributed by atoms with E-state index >= 15 is 0 Å². The van der Waals surface area contributed by atoms with Crippen LogP contribution in [0.4, 0.5) is 0 Å². The summed E-state index contributed by atoms with van der Waals surface area (Å²) in [6, 6.07) is 12.9. The molecule has 4 rings (SSSR count). The Kier molecular flexibility index (Phi) is 6.68. The summed E-state index contributed by atoms with van der Waals surface area (Å²) in [5, 5.41) is 2.15. The fourth-order valence-corrected chi connectivity index (χ4v) is 5.67. The maximum Gasteiger partial charge on any atom is 0.239 e. The van der Waals surface area contributed by atoms with Gasteiger partial charge in [0.25, 0.3) is 0 Å². The Labute approximate surface area is 179 Å². The highest BCUT2D eigenvalue weighted by molar-refractivity contribution is 7.10. The van der Waals surface area contributed by atoms with Gasteiger partial charge in [-0.05, 0) is 74.8 Å². The van der Waals surface area contributed by atoms with Gasteiger partial charge in [-0.15, -0.1) is 11.3 Å². The fourth-order valence-electron chi connectivity index (χ4n) is 4.78. The maximum atomic E-state index is 13.1. The first-order valence-corrected chi connectivity index (χ1v) is 11.8. The second-order valence-electron chi connectivity index (χ2n) is 8.72. The molecule has 3 heterocycles. The first-order valence-electron chi connectivity index (χ1n) is 10.9. The topological polar surface area (TPSA) is 26.8 Å². The zero-order valence-corrected chi connectivity index (χ0v) is 18.5. The molecule has 1 amide bonds. The Hall–Kier alpha value is -1.69. The number of carbonyl (C=O) groups is 1. The van der Waals surface area contributed by atoms with E-state index in [1.165, 1.54) is 28.8 Å². The van der Waals surface area contributed by atoms with Gasteiger partial charge in [-0.2, -0.15) is 0 Å². The molecular weight excluding hydrogens is 378 g/mol. The van der Waals surface area contributed by atoms with Crippen molar-refractivity contribution in [2.24, 2.45) is 5.92 Å². The van der Waals surface area contributed by atoms with Gasteiger partial charge < -0.3 is 9.80 Å². The smallest absolute Gasteiger partial charge is 0.239 e. The van der Waals surface area contributed by atoms with Crippen molar-refractivity contribution in [1.82, 2.24) is 14.7 Å². The molecule has 156 valence electrons. The lowest BCUT2D eigenvalue weighted by atomic mass is 9.95. The number of likely N-dealkylation sites (tertiary alicyclic amines) is 1. The van der Waals surface area contributed by atoms with Crippen molar-refractivity contribution in [1.29, 1.82) is 0 Å². The zero-order valence-electron chi connectivity index (χ0n) is 17.7. The first kappa shape index (κ1) is 20.6. The van der Waals surface area contributed by atoms with Gasteiger partial charge >= 0.3 is 0 Å². The lowest BCUT2D eigenvalue weighted by molar-refractivity contribution is -0.138. The predicted molar refractivity (Wildman–Crippen MR) is 120 cm³/mol. The number of hydrogen-bond donors (Lipinski definition) is 0. The molecule has 1 aromatic carbocycles. The van der Waals surface area contributed by atoms with Crippen molar-refractivity contribution in [3.63, 3.8) is 0 Å². The third kappa shape index (κ3) is 5.08. The predicted octanol–water partition coefficient (Wildman–Crippen LogP) is 3.87. The summed E-state index contributed by atoms with van der Waals surface area (Å²) in [7, 11) is 2.22. The summed E-state index contributed by atoms with van der Waals surface area (Å²) in [4.78, 5) is 21.4. The van der Waals surface area contributed by atoms with E-state index in [9.17, 15) is 4.79 Å². The van der Waals surface area contributed by atoms with Crippen molar-refractivity contribution in [3.8, 4) is 0 Å². The molecule has 29 heavy (non-hydrogen) atoms. The van der Waals surface area contributed by atoms with Crippen LogP contribution in [0.3, 0.4) is 0 Å². The summed E-state index contributed by atoms with van der Waals surface area (Å²) in [5.41, 5.74) is 2.73. The van der Waals surface area contributed by atoms with Crippen LogP contribution in [-0.4, -0.2) is 59.9 Å². The van der Waals surface area contributed by atoms with E-state index in [0.29, 0.717) is 5.91 Å². The quantitative estimate of drug-likeness (QED) is 0.722. The van der Waals surface area contributed by atoms with E-state index in [2.05, 4.69) is 70.4 Å². The molecule has 1 atom stereocenters. The number of rotatable bonds is 6. The molecule has 0 radical (unpaired) electrons. The first-order chi connectivity index (χ1) is 14.1. The second-order valence-corrected chi connectivity index (χ2v) is 9.72. The van der Waals surface area contributed by atoms with E-state index in [0.717, 1.165) is 51.6 Å². The molecule has 1 saturated heterocycles. The molecule has 0 N–H and O–H groups in total. The Morgan fingerprint density at radius 1 is 1.17 bits per heavy atom. The maximum absolute atomic E-state index is 13.1. The van der Waals surface area contributed by atoms with Gasteiger partial charge in [-0.1, -0.05) is 30.3 Å². The van der Waals surface area contributed by atoms with Gasteiger partial charge in [0.05, 0.1) is 6.04 Å². The van der Waals surface area contributed by atoms with Gasteiger partial charge in [0.1, 0.15) is 0 Å². The Bertz CT molecular complexity index is 797.